The summed E-state index contributed by atoms with van der Waals surface area (Å²) in [6.07, 6.45) is 0. The second-order valence-corrected chi connectivity index (χ2v) is 8.37. The van der Waals surface area contributed by atoms with Crippen molar-refractivity contribution in [2.24, 2.45) is 7.05 Å². The number of aromatic nitrogens is 4. The topological polar surface area (TPSA) is 117 Å². The minimum Gasteiger partial charge on any atom is -0.493 e. The number of rotatable bonds is 9. The van der Waals surface area contributed by atoms with E-state index >= 15 is 0 Å². The van der Waals surface area contributed by atoms with E-state index in [0.29, 0.717) is 38.2 Å². The van der Waals surface area contributed by atoms with Gasteiger partial charge in [-0.25, -0.2) is 9.78 Å². The highest BCUT2D eigenvalue weighted by molar-refractivity contribution is 7.99. The quantitative estimate of drug-likeness (QED) is 0.366. The van der Waals surface area contributed by atoms with Crippen molar-refractivity contribution >= 4 is 40.1 Å². The van der Waals surface area contributed by atoms with Crippen molar-refractivity contribution in [1.29, 1.82) is 0 Å². The lowest BCUT2D eigenvalue weighted by molar-refractivity contribution is -0.113. The van der Waals surface area contributed by atoms with Crippen LogP contribution in [0.1, 0.15) is 22.3 Å². The summed E-state index contributed by atoms with van der Waals surface area (Å²) in [6, 6.07) is 5.47. The molecule has 0 aliphatic heterocycles. The highest BCUT2D eigenvalue weighted by atomic mass is 32.2. The van der Waals surface area contributed by atoms with Gasteiger partial charge in [-0.15, -0.1) is 10.2 Å². The average molecular weight is 478 g/mol. The highest BCUT2D eigenvalue weighted by Crippen LogP contribution is 2.32. The molecular weight excluding hydrogens is 454 g/mol. The van der Waals surface area contributed by atoms with E-state index < -0.39 is 5.97 Å². The Morgan fingerprint density at radius 3 is 2.62 bits per heavy atom. The molecule has 10 nitrogen and oxygen atoms in total. The van der Waals surface area contributed by atoms with Crippen molar-refractivity contribution in [3.63, 3.8) is 0 Å². The summed E-state index contributed by atoms with van der Waals surface area (Å²) in [4.78, 5) is 28.9. The van der Waals surface area contributed by atoms with Crippen molar-refractivity contribution in [3.05, 3.63) is 28.8 Å². The number of aryl methyl sites for hydroxylation is 1. The first-order valence-corrected chi connectivity index (χ1v) is 11.4. The van der Waals surface area contributed by atoms with Gasteiger partial charge in [0.2, 0.25) is 5.91 Å². The second-order valence-electron chi connectivity index (χ2n) is 6.43. The molecule has 0 aliphatic rings. The van der Waals surface area contributed by atoms with Gasteiger partial charge in [-0.05, 0) is 32.0 Å². The molecule has 2 aromatic heterocycles. The lowest BCUT2D eigenvalue weighted by Crippen LogP contribution is -2.14. The predicted octanol–water partition coefficient (Wildman–Crippen LogP) is 3.17. The Labute approximate surface area is 193 Å². The van der Waals surface area contributed by atoms with Crippen LogP contribution in [0.15, 0.2) is 23.4 Å². The maximum atomic E-state index is 12.4. The van der Waals surface area contributed by atoms with Crippen LogP contribution in [0.25, 0.3) is 11.4 Å². The van der Waals surface area contributed by atoms with Gasteiger partial charge in [0.15, 0.2) is 27.6 Å². The summed E-state index contributed by atoms with van der Waals surface area (Å²) in [7, 11) is 4.96. The Morgan fingerprint density at radius 1 is 1.19 bits per heavy atom. The highest BCUT2D eigenvalue weighted by Gasteiger charge is 2.19. The van der Waals surface area contributed by atoms with Crippen LogP contribution in [-0.4, -0.2) is 58.2 Å². The van der Waals surface area contributed by atoms with Crippen molar-refractivity contribution < 1.29 is 23.8 Å². The number of carbonyl (C=O) groups excluding carboxylic acids is 2. The summed E-state index contributed by atoms with van der Waals surface area (Å²) in [5, 5.41) is 12.0. The number of amides is 1. The Kier molecular flexibility index (Phi) is 7.70. The maximum Gasteiger partial charge on any atom is 0.350 e. The normalized spacial score (nSPS) is 10.7. The molecule has 12 heteroatoms. The van der Waals surface area contributed by atoms with Crippen molar-refractivity contribution in [1.82, 2.24) is 19.7 Å². The average Bonchev–Trinajstić information content (AvgIpc) is 3.33. The standard InChI is InChI=1S/C20H23N5O5S2/c1-6-30-18(27)16-11(2)21-19(32-16)22-15(26)10-31-20-24-23-17(25(20)3)12-7-8-13(28-4)14(9-12)29-5/h7-9H,6,10H2,1-5H3,(H,21,22,26). The Bertz CT molecular complexity index is 1130. The zero-order valence-corrected chi connectivity index (χ0v) is 19.9. The van der Waals surface area contributed by atoms with E-state index in [4.69, 9.17) is 14.2 Å². The van der Waals surface area contributed by atoms with Crippen LogP contribution in [0.5, 0.6) is 11.5 Å². The summed E-state index contributed by atoms with van der Waals surface area (Å²) in [5.41, 5.74) is 1.32. The van der Waals surface area contributed by atoms with Crippen LogP contribution in [0, 0.1) is 6.92 Å². The molecule has 0 unspecified atom stereocenters. The van der Waals surface area contributed by atoms with E-state index in [2.05, 4.69) is 20.5 Å². The summed E-state index contributed by atoms with van der Waals surface area (Å²) in [6.45, 7) is 3.71. The van der Waals surface area contributed by atoms with Gasteiger partial charge >= 0.3 is 5.97 Å². The Morgan fingerprint density at radius 2 is 1.94 bits per heavy atom. The maximum absolute atomic E-state index is 12.4. The Balaban J connectivity index is 1.65. The number of nitrogens with zero attached hydrogens (tertiary/aromatic N) is 4. The number of hydrogen-bond acceptors (Lipinski definition) is 10. The number of anilines is 1. The third kappa shape index (κ3) is 5.19. The van der Waals surface area contributed by atoms with Crippen molar-refractivity contribution in [2.75, 3.05) is 31.9 Å². The van der Waals surface area contributed by atoms with Gasteiger partial charge in [-0.2, -0.15) is 0 Å². The fourth-order valence-corrected chi connectivity index (χ4v) is 4.38. The third-order valence-electron chi connectivity index (χ3n) is 4.31. The van der Waals surface area contributed by atoms with Gasteiger partial charge in [0.05, 0.1) is 32.3 Å². The number of thiazole rings is 1. The molecule has 0 bridgehead atoms. The summed E-state index contributed by atoms with van der Waals surface area (Å²) in [5.74, 6) is 1.22. The largest absolute Gasteiger partial charge is 0.493 e. The van der Waals surface area contributed by atoms with Crippen LogP contribution < -0.4 is 14.8 Å². The van der Waals surface area contributed by atoms with Crippen LogP contribution in [0.3, 0.4) is 0 Å². The fraction of sp³-hybridized carbons (Fsp3) is 0.350. The van der Waals surface area contributed by atoms with E-state index in [-0.39, 0.29) is 18.3 Å². The van der Waals surface area contributed by atoms with E-state index in [0.717, 1.165) is 16.9 Å². The van der Waals surface area contributed by atoms with Gasteiger partial charge in [-0.1, -0.05) is 23.1 Å². The van der Waals surface area contributed by atoms with E-state index in [1.807, 2.05) is 19.2 Å². The molecule has 1 N–H and O–H groups in total. The van der Waals surface area contributed by atoms with Gasteiger partial charge in [0.25, 0.3) is 0 Å². The number of ether oxygens (including phenoxy) is 3. The van der Waals surface area contributed by atoms with Gasteiger partial charge < -0.3 is 24.1 Å². The van der Waals surface area contributed by atoms with Crippen molar-refractivity contribution in [3.8, 4) is 22.9 Å². The van der Waals surface area contributed by atoms with Gasteiger partial charge in [0.1, 0.15) is 4.88 Å². The monoisotopic (exact) mass is 477 g/mol. The minimum atomic E-state index is -0.445. The summed E-state index contributed by atoms with van der Waals surface area (Å²) >= 11 is 2.33. The van der Waals surface area contributed by atoms with E-state index in [1.165, 1.54) is 11.8 Å². The molecule has 1 aromatic carbocycles. The molecule has 32 heavy (non-hydrogen) atoms. The fourth-order valence-electron chi connectivity index (χ4n) is 2.79. The SMILES string of the molecule is CCOC(=O)c1sc(NC(=O)CSc2nnc(-c3ccc(OC)c(OC)c3)n2C)nc1C. The van der Waals surface area contributed by atoms with E-state index in [9.17, 15) is 9.59 Å². The molecule has 2 heterocycles. The predicted molar refractivity (Wildman–Crippen MR) is 122 cm³/mol. The Hall–Kier alpha value is -3.12. The number of nitrogens with one attached hydrogen (secondary N) is 1. The lowest BCUT2D eigenvalue weighted by Gasteiger charge is -2.09. The first-order valence-electron chi connectivity index (χ1n) is 9.56. The van der Waals surface area contributed by atoms with Crippen molar-refractivity contribution in [2.45, 2.75) is 19.0 Å². The molecular formula is C20H23N5O5S2. The van der Waals surface area contributed by atoms with E-state index in [1.54, 1.807) is 38.7 Å². The number of thioether (sulfide) groups is 1. The number of carbonyl (C=O) groups is 2. The smallest absolute Gasteiger partial charge is 0.350 e. The number of benzene rings is 1. The molecule has 0 atom stereocenters. The molecule has 1 amide bonds. The zero-order chi connectivity index (χ0) is 23.3. The molecule has 0 radical (unpaired) electrons. The lowest BCUT2D eigenvalue weighted by atomic mass is 10.2. The van der Waals surface area contributed by atoms with Crippen LogP contribution in [0.2, 0.25) is 0 Å². The second kappa shape index (κ2) is 10.5. The van der Waals surface area contributed by atoms with Gasteiger partial charge in [-0.3, -0.25) is 4.79 Å². The molecule has 0 fully saturated rings. The molecule has 170 valence electrons. The van der Waals surface area contributed by atoms with Gasteiger partial charge in [0, 0.05) is 12.6 Å². The number of methoxy groups -OCH3 is 2. The first-order chi connectivity index (χ1) is 15.4. The minimum absolute atomic E-state index is 0.102. The summed E-state index contributed by atoms with van der Waals surface area (Å²) < 4.78 is 17.4. The zero-order valence-electron chi connectivity index (χ0n) is 18.3. The molecule has 0 aliphatic carbocycles. The molecule has 3 rings (SSSR count). The van der Waals surface area contributed by atoms with Crippen LogP contribution in [-0.2, 0) is 16.6 Å². The van der Waals surface area contributed by atoms with Crippen LogP contribution >= 0.6 is 23.1 Å². The number of hydrogen-bond donors (Lipinski definition) is 1. The molecule has 3 aromatic rings. The number of esters is 1. The molecule has 0 spiro atoms. The first kappa shape index (κ1) is 23.5. The third-order valence-corrected chi connectivity index (χ3v) is 6.39. The molecule has 0 saturated heterocycles. The van der Waals surface area contributed by atoms with Crippen LogP contribution in [0.4, 0.5) is 5.13 Å². The molecule has 0 saturated carbocycles.